The smallest absolute Gasteiger partial charge is 0.338 e. The first kappa shape index (κ1) is 21.2. The Labute approximate surface area is 182 Å². The Morgan fingerprint density at radius 3 is 2.35 bits per heavy atom. The fraction of sp³-hybridized carbons (Fsp3) is 0.478. The normalized spacial score (nSPS) is 17.2. The number of nitrogens with one attached hydrogen (secondary N) is 1. The molecule has 1 aromatic heterocycles. The number of ether oxygens (including phenoxy) is 2. The van der Waals surface area contributed by atoms with Gasteiger partial charge in [0.25, 0.3) is 5.91 Å². The summed E-state index contributed by atoms with van der Waals surface area (Å²) in [6.07, 6.45) is 0. The van der Waals surface area contributed by atoms with Crippen LogP contribution < -0.4 is 9.64 Å². The van der Waals surface area contributed by atoms with Gasteiger partial charge in [0.2, 0.25) is 0 Å². The molecule has 0 saturated carbocycles. The number of fused-ring (bicyclic) bond motifs is 1. The molecule has 0 bridgehead atoms. The van der Waals surface area contributed by atoms with Crippen molar-refractivity contribution in [2.75, 3.05) is 51.3 Å². The number of carbonyl (C=O) groups is 2. The van der Waals surface area contributed by atoms with Gasteiger partial charge < -0.3 is 29.2 Å². The van der Waals surface area contributed by atoms with Gasteiger partial charge in [0.05, 0.1) is 12.1 Å². The number of rotatable bonds is 3. The second kappa shape index (κ2) is 8.26. The van der Waals surface area contributed by atoms with E-state index in [0.29, 0.717) is 30.2 Å². The molecular formula is C23H30N4O4. The van der Waals surface area contributed by atoms with Gasteiger partial charge in [0.15, 0.2) is 11.6 Å². The van der Waals surface area contributed by atoms with Crippen LogP contribution in [0.1, 0.15) is 41.6 Å². The third-order valence-electron chi connectivity index (χ3n) is 5.44. The minimum Gasteiger partial charge on any atom is -0.488 e. The van der Waals surface area contributed by atoms with Crippen molar-refractivity contribution in [1.82, 2.24) is 14.8 Å². The quantitative estimate of drug-likeness (QED) is 0.761. The SMILES string of the molecule is CN1CCN(C(=O)c2cc3c([nH]2)N(c2ccc(C(=O)OC(C)(C)C)cc2)CCO3)CC1. The molecule has 2 aliphatic rings. The van der Waals surface area contributed by atoms with Crippen molar-refractivity contribution in [1.29, 1.82) is 0 Å². The molecule has 8 nitrogen and oxygen atoms in total. The van der Waals surface area contributed by atoms with Crippen molar-refractivity contribution in [3.8, 4) is 5.75 Å². The summed E-state index contributed by atoms with van der Waals surface area (Å²) in [5.74, 6) is 1.07. The van der Waals surface area contributed by atoms with E-state index >= 15 is 0 Å². The number of aromatic amines is 1. The summed E-state index contributed by atoms with van der Waals surface area (Å²) >= 11 is 0. The number of anilines is 2. The van der Waals surface area contributed by atoms with Crippen molar-refractivity contribution in [3.05, 3.63) is 41.6 Å². The molecule has 1 amide bonds. The highest BCUT2D eigenvalue weighted by Gasteiger charge is 2.28. The molecule has 2 aromatic rings. The Kier molecular flexibility index (Phi) is 5.66. The van der Waals surface area contributed by atoms with Crippen molar-refractivity contribution in [2.45, 2.75) is 26.4 Å². The largest absolute Gasteiger partial charge is 0.488 e. The number of piperazine rings is 1. The monoisotopic (exact) mass is 426 g/mol. The van der Waals surface area contributed by atoms with E-state index in [0.717, 1.165) is 37.7 Å². The molecule has 1 saturated heterocycles. The third-order valence-corrected chi connectivity index (χ3v) is 5.44. The van der Waals surface area contributed by atoms with Crippen LogP contribution in [0.5, 0.6) is 5.75 Å². The van der Waals surface area contributed by atoms with E-state index in [9.17, 15) is 9.59 Å². The molecule has 8 heteroatoms. The van der Waals surface area contributed by atoms with Crippen molar-refractivity contribution < 1.29 is 19.1 Å². The maximum Gasteiger partial charge on any atom is 0.338 e. The van der Waals surface area contributed by atoms with Crippen molar-refractivity contribution in [3.63, 3.8) is 0 Å². The van der Waals surface area contributed by atoms with Crippen molar-refractivity contribution in [2.24, 2.45) is 0 Å². The van der Waals surface area contributed by atoms with Gasteiger partial charge in [0.1, 0.15) is 17.9 Å². The molecule has 2 aliphatic heterocycles. The van der Waals surface area contributed by atoms with Gasteiger partial charge in [-0.3, -0.25) is 4.79 Å². The fourth-order valence-corrected chi connectivity index (χ4v) is 3.76. The van der Waals surface area contributed by atoms with E-state index in [4.69, 9.17) is 9.47 Å². The number of carbonyl (C=O) groups excluding carboxylic acids is 2. The Hall–Kier alpha value is -3.00. The number of benzene rings is 1. The number of likely N-dealkylation sites (N-methyl/N-ethyl adjacent to an activating group) is 1. The Bertz CT molecular complexity index is 953. The first-order valence-electron chi connectivity index (χ1n) is 10.7. The van der Waals surface area contributed by atoms with Gasteiger partial charge in [-0.15, -0.1) is 0 Å². The zero-order valence-electron chi connectivity index (χ0n) is 18.6. The molecule has 31 heavy (non-hydrogen) atoms. The number of hydrogen-bond donors (Lipinski definition) is 1. The minimum absolute atomic E-state index is 0.00803. The predicted octanol–water partition coefficient (Wildman–Crippen LogP) is 2.89. The van der Waals surface area contributed by atoms with Crippen LogP contribution in [0.25, 0.3) is 0 Å². The second-order valence-electron chi connectivity index (χ2n) is 9.04. The van der Waals surface area contributed by atoms with Crippen LogP contribution in [-0.4, -0.2) is 78.6 Å². The minimum atomic E-state index is -0.536. The van der Waals surface area contributed by atoms with Gasteiger partial charge in [-0.25, -0.2) is 4.79 Å². The first-order chi connectivity index (χ1) is 14.7. The van der Waals surface area contributed by atoms with Crippen molar-refractivity contribution >= 4 is 23.4 Å². The van der Waals surface area contributed by atoms with Crippen LogP contribution in [-0.2, 0) is 4.74 Å². The average molecular weight is 427 g/mol. The topological polar surface area (TPSA) is 78.1 Å². The molecule has 1 fully saturated rings. The third kappa shape index (κ3) is 4.69. The predicted molar refractivity (Wildman–Crippen MR) is 118 cm³/mol. The molecule has 0 atom stereocenters. The highest BCUT2D eigenvalue weighted by atomic mass is 16.6. The molecule has 166 valence electrons. The summed E-state index contributed by atoms with van der Waals surface area (Å²) in [5, 5.41) is 0. The number of H-pyrrole nitrogens is 1. The fourth-order valence-electron chi connectivity index (χ4n) is 3.76. The Morgan fingerprint density at radius 1 is 1.03 bits per heavy atom. The lowest BCUT2D eigenvalue weighted by Crippen LogP contribution is -2.47. The van der Waals surface area contributed by atoms with E-state index in [1.807, 2.05) is 37.8 Å². The average Bonchev–Trinajstić information content (AvgIpc) is 3.17. The summed E-state index contributed by atoms with van der Waals surface area (Å²) in [6.45, 7) is 9.88. The van der Waals surface area contributed by atoms with Gasteiger partial charge in [-0.2, -0.15) is 0 Å². The molecule has 1 N–H and O–H groups in total. The lowest BCUT2D eigenvalue weighted by molar-refractivity contribution is 0.00694. The molecule has 1 aromatic carbocycles. The van der Waals surface area contributed by atoms with Crippen LogP contribution in [0.2, 0.25) is 0 Å². The summed E-state index contributed by atoms with van der Waals surface area (Å²) in [6, 6.07) is 9.08. The van der Waals surface area contributed by atoms with Gasteiger partial charge in [-0.1, -0.05) is 0 Å². The summed E-state index contributed by atoms with van der Waals surface area (Å²) in [7, 11) is 2.06. The molecule has 0 spiro atoms. The lowest BCUT2D eigenvalue weighted by Gasteiger charge is -2.32. The Morgan fingerprint density at radius 2 is 1.71 bits per heavy atom. The van der Waals surface area contributed by atoms with E-state index in [1.54, 1.807) is 18.2 Å². The highest BCUT2D eigenvalue weighted by molar-refractivity contribution is 5.95. The van der Waals surface area contributed by atoms with E-state index in [-0.39, 0.29) is 11.9 Å². The number of esters is 1. The van der Waals surface area contributed by atoms with E-state index < -0.39 is 5.60 Å². The maximum absolute atomic E-state index is 13.0. The number of aromatic nitrogens is 1. The van der Waals surface area contributed by atoms with Gasteiger partial charge in [-0.05, 0) is 52.1 Å². The highest BCUT2D eigenvalue weighted by Crippen LogP contribution is 2.37. The summed E-state index contributed by atoms with van der Waals surface area (Å²) in [5.41, 5.74) is 1.42. The lowest BCUT2D eigenvalue weighted by atomic mass is 10.1. The first-order valence-corrected chi connectivity index (χ1v) is 10.7. The molecule has 0 unspecified atom stereocenters. The van der Waals surface area contributed by atoms with Crippen LogP contribution in [0.15, 0.2) is 30.3 Å². The number of amides is 1. The molecule has 0 radical (unpaired) electrons. The number of nitrogens with zero attached hydrogens (tertiary/aromatic N) is 3. The standard InChI is InChI=1S/C23H30N4O4/c1-23(2,3)31-22(29)16-5-7-17(8-6-16)27-13-14-30-19-15-18(24-20(19)27)21(28)26-11-9-25(4)10-12-26/h5-8,15,24H,9-14H2,1-4H3. The van der Waals surface area contributed by atoms with Crippen LogP contribution in [0.3, 0.4) is 0 Å². The second-order valence-corrected chi connectivity index (χ2v) is 9.04. The molecular weight excluding hydrogens is 396 g/mol. The van der Waals surface area contributed by atoms with Crippen LogP contribution >= 0.6 is 0 Å². The van der Waals surface area contributed by atoms with Gasteiger partial charge in [0, 0.05) is 37.9 Å². The van der Waals surface area contributed by atoms with E-state index in [2.05, 4.69) is 21.8 Å². The Balaban J connectivity index is 1.52. The summed E-state index contributed by atoms with van der Waals surface area (Å²) in [4.78, 5) is 34.7. The summed E-state index contributed by atoms with van der Waals surface area (Å²) < 4.78 is 11.2. The van der Waals surface area contributed by atoms with E-state index in [1.165, 1.54) is 0 Å². The van der Waals surface area contributed by atoms with Gasteiger partial charge >= 0.3 is 5.97 Å². The van der Waals surface area contributed by atoms with Crippen LogP contribution in [0.4, 0.5) is 11.5 Å². The molecule has 3 heterocycles. The molecule has 0 aliphatic carbocycles. The zero-order chi connectivity index (χ0) is 22.2. The zero-order valence-corrected chi connectivity index (χ0v) is 18.6. The van der Waals surface area contributed by atoms with Crippen LogP contribution in [0, 0.1) is 0 Å². The maximum atomic E-state index is 13.0. The molecule has 4 rings (SSSR count). The number of hydrogen-bond acceptors (Lipinski definition) is 6.